The molecule has 0 spiro atoms. The number of hydrogen-bond acceptors (Lipinski definition) is 3. The van der Waals surface area contributed by atoms with Crippen LogP contribution < -0.4 is 5.73 Å². The van der Waals surface area contributed by atoms with E-state index in [-0.39, 0.29) is 30.2 Å². The van der Waals surface area contributed by atoms with Crippen molar-refractivity contribution in [2.45, 2.75) is 19.4 Å². The van der Waals surface area contributed by atoms with E-state index in [1.807, 2.05) is 6.92 Å². The standard InChI is InChI=1S/C16H19FN4O.ClH/c1-10-6-11(7-18)9-21(10)16(22)13-8-19-20-15(13)12-4-2-3-5-14(12)17;/h2-5,8,10-11H,6-7,9,18H2,1H3,(H,19,20);1H. The third kappa shape index (κ3) is 3.23. The lowest BCUT2D eigenvalue weighted by molar-refractivity contribution is 0.0744. The highest BCUT2D eigenvalue weighted by Crippen LogP contribution is 2.28. The van der Waals surface area contributed by atoms with Gasteiger partial charge in [0.15, 0.2) is 0 Å². The monoisotopic (exact) mass is 338 g/mol. The van der Waals surface area contributed by atoms with Crippen molar-refractivity contribution >= 4 is 18.3 Å². The number of likely N-dealkylation sites (tertiary alicyclic amines) is 1. The first-order chi connectivity index (χ1) is 10.6. The third-order valence-corrected chi connectivity index (χ3v) is 4.27. The average molecular weight is 339 g/mol. The molecule has 7 heteroatoms. The molecule has 3 N–H and O–H groups in total. The molecule has 0 aliphatic carbocycles. The highest BCUT2D eigenvalue weighted by molar-refractivity contribution is 6.00. The van der Waals surface area contributed by atoms with Crippen LogP contribution in [-0.2, 0) is 0 Å². The molecule has 1 aliphatic rings. The van der Waals surface area contributed by atoms with Crippen LogP contribution in [-0.4, -0.2) is 40.1 Å². The van der Waals surface area contributed by atoms with Gasteiger partial charge in [0.05, 0.1) is 17.5 Å². The van der Waals surface area contributed by atoms with E-state index in [2.05, 4.69) is 10.2 Å². The number of nitrogens with two attached hydrogens (primary N) is 1. The van der Waals surface area contributed by atoms with Gasteiger partial charge < -0.3 is 10.6 Å². The summed E-state index contributed by atoms with van der Waals surface area (Å²) in [5, 5.41) is 6.68. The molecule has 124 valence electrons. The minimum atomic E-state index is -0.380. The Labute approximate surface area is 140 Å². The maximum Gasteiger partial charge on any atom is 0.257 e. The number of rotatable bonds is 3. The lowest BCUT2D eigenvalue weighted by atomic mass is 10.1. The second kappa shape index (κ2) is 7.10. The van der Waals surface area contributed by atoms with Gasteiger partial charge in [-0.2, -0.15) is 5.10 Å². The molecule has 23 heavy (non-hydrogen) atoms. The van der Waals surface area contributed by atoms with Crippen LogP contribution in [0.4, 0.5) is 4.39 Å². The summed E-state index contributed by atoms with van der Waals surface area (Å²) in [6, 6.07) is 6.48. The van der Waals surface area contributed by atoms with Gasteiger partial charge >= 0.3 is 0 Å². The molecule has 3 rings (SSSR count). The second-order valence-corrected chi connectivity index (χ2v) is 5.78. The number of amides is 1. The predicted octanol–water partition coefficient (Wildman–Crippen LogP) is 2.45. The lowest BCUT2D eigenvalue weighted by Crippen LogP contribution is -2.34. The maximum atomic E-state index is 14.0. The molecule has 1 aromatic heterocycles. The topological polar surface area (TPSA) is 75.0 Å². The Kier molecular flexibility index (Phi) is 5.38. The molecule has 2 atom stereocenters. The van der Waals surface area contributed by atoms with Crippen LogP contribution in [0.5, 0.6) is 0 Å². The van der Waals surface area contributed by atoms with Crippen LogP contribution in [0.3, 0.4) is 0 Å². The maximum absolute atomic E-state index is 14.0. The molecule has 2 aromatic rings. The summed E-state index contributed by atoms with van der Waals surface area (Å²) in [7, 11) is 0. The summed E-state index contributed by atoms with van der Waals surface area (Å²) >= 11 is 0. The molecule has 1 amide bonds. The lowest BCUT2D eigenvalue weighted by Gasteiger charge is -2.21. The fourth-order valence-electron chi connectivity index (χ4n) is 3.07. The van der Waals surface area contributed by atoms with Gasteiger partial charge in [0.1, 0.15) is 5.82 Å². The molecule has 1 aliphatic heterocycles. The molecule has 1 fully saturated rings. The Hall–Kier alpha value is -1.92. The van der Waals surface area contributed by atoms with E-state index in [0.29, 0.717) is 35.8 Å². The summed E-state index contributed by atoms with van der Waals surface area (Å²) in [6.45, 7) is 3.22. The smallest absolute Gasteiger partial charge is 0.257 e. The summed E-state index contributed by atoms with van der Waals surface area (Å²) in [5.41, 5.74) is 6.88. The average Bonchev–Trinajstić information content (AvgIpc) is 3.13. The Morgan fingerprint density at radius 3 is 2.87 bits per heavy atom. The minimum Gasteiger partial charge on any atom is -0.335 e. The van der Waals surface area contributed by atoms with Crippen molar-refractivity contribution in [3.63, 3.8) is 0 Å². The van der Waals surface area contributed by atoms with Crippen LogP contribution >= 0.6 is 12.4 Å². The molecular formula is C16H20ClFN4O. The Morgan fingerprint density at radius 2 is 2.22 bits per heavy atom. The first kappa shape index (κ1) is 17.4. The number of carbonyl (C=O) groups is 1. The first-order valence-electron chi connectivity index (χ1n) is 7.41. The second-order valence-electron chi connectivity index (χ2n) is 5.78. The van der Waals surface area contributed by atoms with Crippen molar-refractivity contribution in [1.82, 2.24) is 15.1 Å². The molecule has 2 heterocycles. The zero-order valence-corrected chi connectivity index (χ0v) is 13.6. The van der Waals surface area contributed by atoms with E-state index < -0.39 is 0 Å². The zero-order chi connectivity index (χ0) is 15.7. The molecule has 2 unspecified atom stereocenters. The van der Waals surface area contributed by atoms with Crippen molar-refractivity contribution in [2.24, 2.45) is 11.7 Å². The largest absolute Gasteiger partial charge is 0.335 e. The fraction of sp³-hybridized carbons (Fsp3) is 0.375. The number of H-pyrrole nitrogens is 1. The van der Waals surface area contributed by atoms with Crippen LogP contribution in [0.15, 0.2) is 30.5 Å². The van der Waals surface area contributed by atoms with E-state index >= 15 is 0 Å². The molecule has 0 bridgehead atoms. The third-order valence-electron chi connectivity index (χ3n) is 4.27. The molecular weight excluding hydrogens is 319 g/mol. The quantitative estimate of drug-likeness (QED) is 0.902. The van der Waals surface area contributed by atoms with E-state index in [9.17, 15) is 9.18 Å². The van der Waals surface area contributed by atoms with E-state index in [1.54, 1.807) is 23.1 Å². The predicted molar refractivity (Wildman–Crippen MR) is 88.9 cm³/mol. The van der Waals surface area contributed by atoms with E-state index in [1.165, 1.54) is 12.3 Å². The van der Waals surface area contributed by atoms with Crippen molar-refractivity contribution in [1.29, 1.82) is 0 Å². The van der Waals surface area contributed by atoms with Crippen molar-refractivity contribution in [3.05, 3.63) is 41.8 Å². The van der Waals surface area contributed by atoms with Crippen molar-refractivity contribution in [3.8, 4) is 11.3 Å². The number of benzene rings is 1. The van der Waals surface area contributed by atoms with E-state index in [0.717, 1.165) is 6.42 Å². The summed E-state index contributed by atoms with van der Waals surface area (Å²) in [6.07, 6.45) is 2.36. The minimum absolute atomic E-state index is 0. The Morgan fingerprint density at radius 1 is 1.48 bits per heavy atom. The molecule has 0 saturated carbocycles. The highest BCUT2D eigenvalue weighted by Gasteiger charge is 2.33. The van der Waals surface area contributed by atoms with Gasteiger partial charge in [-0.25, -0.2) is 4.39 Å². The van der Waals surface area contributed by atoms with Gasteiger partial charge in [0.25, 0.3) is 5.91 Å². The number of halogens is 2. The van der Waals surface area contributed by atoms with Gasteiger partial charge in [0.2, 0.25) is 0 Å². The van der Waals surface area contributed by atoms with Crippen molar-refractivity contribution in [2.75, 3.05) is 13.1 Å². The molecule has 1 aromatic carbocycles. The number of nitrogens with zero attached hydrogens (tertiary/aromatic N) is 2. The summed E-state index contributed by atoms with van der Waals surface area (Å²) < 4.78 is 14.0. The number of nitrogens with one attached hydrogen (secondary N) is 1. The van der Waals surface area contributed by atoms with Crippen LogP contribution in [0.2, 0.25) is 0 Å². The van der Waals surface area contributed by atoms with Gasteiger partial charge in [-0.1, -0.05) is 12.1 Å². The SMILES string of the molecule is CC1CC(CN)CN1C(=O)c1cn[nH]c1-c1ccccc1F.Cl. The normalized spacial score (nSPS) is 20.4. The van der Waals surface area contributed by atoms with Crippen LogP contribution in [0, 0.1) is 11.7 Å². The van der Waals surface area contributed by atoms with Crippen molar-refractivity contribution < 1.29 is 9.18 Å². The molecule has 1 saturated heterocycles. The van der Waals surface area contributed by atoms with E-state index in [4.69, 9.17) is 5.73 Å². The van der Waals surface area contributed by atoms with Crippen LogP contribution in [0.1, 0.15) is 23.7 Å². The molecule has 0 radical (unpaired) electrons. The van der Waals surface area contributed by atoms with Gasteiger partial charge in [0, 0.05) is 18.2 Å². The first-order valence-corrected chi connectivity index (χ1v) is 7.41. The zero-order valence-electron chi connectivity index (χ0n) is 12.8. The molecule has 5 nitrogen and oxygen atoms in total. The van der Waals surface area contributed by atoms with Gasteiger partial charge in [-0.3, -0.25) is 9.89 Å². The summed E-state index contributed by atoms with van der Waals surface area (Å²) in [5.74, 6) is -0.187. The fourth-order valence-corrected chi connectivity index (χ4v) is 3.07. The number of hydrogen-bond donors (Lipinski definition) is 2. The highest BCUT2D eigenvalue weighted by atomic mass is 35.5. The Bertz CT molecular complexity index is 690. The summed E-state index contributed by atoms with van der Waals surface area (Å²) in [4.78, 5) is 14.6. The van der Waals surface area contributed by atoms with Crippen LogP contribution in [0.25, 0.3) is 11.3 Å². The number of aromatic nitrogens is 2. The van der Waals surface area contributed by atoms with Gasteiger partial charge in [-0.15, -0.1) is 12.4 Å². The van der Waals surface area contributed by atoms with Gasteiger partial charge in [-0.05, 0) is 37.9 Å². The number of aromatic amines is 1. The number of carbonyl (C=O) groups excluding carboxylic acids is 1. The Balaban J connectivity index is 0.00000192.